The monoisotopic (exact) mass is 1040 g/mol. The predicted octanol–water partition coefficient (Wildman–Crippen LogP) is -2.81. The van der Waals surface area contributed by atoms with Crippen molar-refractivity contribution in [2.24, 2.45) is 28.9 Å². The predicted molar refractivity (Wildman–Crippen MR) is 281 cm³/mol. The van der Waals surface area contributed by atoms with E-state index in [2.05, 4.69) is 57.8 Å². The van der Waals surface area contributed by atoms with Gasteiger partial charge in [0.1, 0.15) is 36.3 Å². The van der Waals surface area contributed by atoms with Crippen LogP contribution in [0.4, 0.5) is 0 Å². The van der Waals surface area contributed by atoms with Crippen molar-refractivity contribution < 1.29 is 43.8 Å². The molecule has 4 aromatic rings. The van der Waals surface area contributed by atoms with Crippen molar-refractivity contribution in [3.05, 3.63) is 72.1 Å². The Bertz CT molecular complexity index is 2640. The molecule has 0 saturated carbocycles. The largest absolute Gasteiger partial charge is 0.480 e. The van der Waals surface area contributed by atoms with Crippen LogP contribution in [0.25, 0.3) is 21.8 Å². The molecule has 0 fully saturated rings. The van der Waals surface area contributed by atoms with Crippen LogP contribution in [0.3, 0.4) is 0 Å². The van der Waals surface area contributed by atoms with Gasteiger partial charge in [-0.3, -0.25) is 45.0 Å². The van der Waals surface area contributed by atoms with Gasteiger partial charge in [-0.2, -0.15) is 0 Å². The second kappa shape index (κ2) is 29.3. The minimum Gasteiger partial charge on any atom is -0.480 e. The highest BCUT2D eigenvalue weighted by molar-refractivity contribution is 5.98. The lowest BCUT2D eigenvalue weighted by Crippen LogP contribution is -2.61. The molecule has 24 N–H and O–H groups in total. The van der Waals surface area contributed by atoms with Gasteiger partial charge in [0.25, 0.3) is 0 Å². The van der Waals surface area contributed by atoms with Gasteiger partial charge in [0, 0.05) is 66.7 Å². The number of nitrogens with two attached hydrogens (primary N) is 4. The van der Waals surface area contributed by atoms with Crippen molar-refractivity contribution in [1.29, 1.82) is 16.2 Å². The Morgan fingerprint density at radius 2 is 0.853 bits per heavy atom. The Morgan fingerprint density at radius 1 is 0.520 bits per heavy atom. The number of rotatable bonds is 31. The molecule has 0 spiro atoms. The number of para-hydroxylation sites is 2. The van der Waals surface area contributed by atoms with Crippen molar-refractivity contribution in [2.45, 2.75) is 108 Å². The highest BCUT2D eigenvalue weighted by Gasteiger charge is 2.34. The number of carbonyl (C=O) groups is 7. The number of nitrogens with one attached hydrogen (secondary N) is 14. The van der Waals surface area contributed by atoms with Crippen LogP contribution in [0.5, 0.6) is 0 Å². The number of aliphatic hydroxyl groups is 1. The molecule has 4 rings (SSSR count). The number of fused-ring (bicyclic) bond motifs is 2. The molecule has 7 atom stereocenters. The maximum absolute atomic E-state index is 14.6. The fourth-order valence-electron chi connectivity index (χ4n) is 7.97. The maximum atomic E-state index is 14.6. The number of carboxylic acids is 1. The van der Waals surface area contributed by atoms with Crippen LogP contribution in [-0.2, 0) is 46.4 Å². The summed E-state index contributed by atoms with van der Waals surface area (Å²) in [5.41, 5.74) is 25.1. The van der Waals surface area contributed by atoms with Gasteiger partial charge in [0.15, 0.2) is 17.9 Å². The van der Waals surface area contributed by atoms with Crippen molar-refractivity contribution >= 4 is 81.1 Å². The fraction of sp³-hybridized carbons (Fsp3) is 0.458. The lowest BCUT2D eigenvalue weighted by molar-refractivity contribution is -0.142. The first kappa shape index (κ1) is 59.1. The molecule has 0 radical (unpaired) electrons. The number of aliphatic hydroxyl groups excluding tert-OH is 1. The Hall–Kier alpha value is -8.46. The zero-order valence-electron chi connectivity index (χ0n) is 41.9. The summed E-state index contributed by atoms with van der Waals surface area (Å²) >= 11 is 0. The third kappa shape index (κ3) is 18.8. The molecule has 2 aromatic heterocycles. The summed E-state index contributed by atoms with van der Waals surface area (Å²) in [7, 11) is 0. The van der Waals surface area contributed by atoms with Crippen molar-refractivity contribution in [3.63, 3.8) is 0 Å². The number of H-pyrrole nitrogens is 2. The Balaban J connectivity index is 1.64. The van der Waals surface area contributed by atoms with E-state index in [0.29, 0.717) is 22.0 Å². The molecule has 0 bridgehead atoms. The summed E-state index contributed by atoms with van der Waals surface area (Å²) in [4.78, 5) is 103. The van der Waals surface area contributed by atoms with Crippen molar-refractivity contribution in [1.82, 2.24) is 57.8 Å². The number of carboxylic acid groups (broad SMARTS) is 1. The van der Waals surface area contributed by atoms with Gasteiger partial charge in [-0.05, 0) is 67.7 Å². The summed E-state index contributed by atoms with van der Waals surface area (Å²) in [5.74, 6) is -7.85. The van der Waals surface area contributed by atoms with E-state index in [1.807, 2.05) is 24.3 Å². The van der Waals surface area contributed by atoms with E-state index >= 15 is 0 Å². The fourth-order valence-corrected chi connectivity index (χ4v) is 7.97. The van der Waals surface area contributed by atoms with E-state index in [0.717, 1.165) is 10.9 Å². The first-order valence-electron chi connectivity index (χ1n) is 24.4. The van der Waals surface area contributed by atoms with E-state index < -0.39 is 90.3 Å². The molecule has 27 heteroatoms. The molecular formula is C48H72N18O9. The Kier molecular flexibility index (Phi) is 23.1. The lowest BCUT2D eigenvalue weighted by atomic mass is 10.0. The standard InChI is InChI=1S/C48H72N18O9/c1-25(2)38(49)44(73)65-36(21-27-23-60-31-13-6-4-11-29(27)31)42(71)66-37(24-67)43(72)64-35(20-26-22-59-30-12-5-3-10-28(26)30)41(70)62-32(14-7-17-56-46(50)51)39(68)61-33(15-8-18-57-47(52)53)40(69)63-34(45(74)75)16-9-19-58-48(54)55/h3-6,10-13,22-23,25,32-38,59-60,67H,7-9,14-21,24,49H2,1-2H3,(H,61,68)(H,62,70)(H,63,69)(H,64,72)(H,65,73)(H,66,71)(H,74,75)(H4,50,51,56)(H4,52,53,57)(H4,54,55,58)/t32-,33-,34-,35-,36-,37-,38-/m0/s1. The molecule has 0 unspecified atom stereocenters. The molecule has 2 heterocycles. The van der Waals surface area contributed by atoms with Crippen LogP contribution in [0.2, 0.25) is 0 Å². The number of aromatic amines is 2. The molecule has 0 aliphatic heterocycles. The number of guanidine groups is 3. The summed E-state index contributed by atoms with van der Waals surface area (Å²) < 4.78 is 0. The average molecular weight is 1050 g/mol. The number of carbonyl (C=O) groups excluding carboxylic acids is 6. The van der Waals surface area contributed by atoms with E-state index in [1.165, 1.54) is 0 Å². The van der Waals surface area contributed by atoms with Gasteiger partial charge >= 0.3 is 5.97 Å². The first-order chi connectivity index (χ1) is 35.7. The topological polar surface area (TPSA) is 475 Å². The van der Waals surface area contributed by atoms with Gasteiger partial charge in [-0.25, -0.2) is 4.79 Å². The third-order valence-electron chi connectivity index (χ3n) is 12.1. The Labute approximate surface area is 432 Å². The van der Waals surface area contributed by atoms with Crippen LogP contribution in [-0.4, -0.2) is 148 Å². The van der Waals surface area contributed by atoms with Gasteiger partial charge in [0.05, 0.1) is 12.6 Å². The third-order valence-corrected chi connectivity index (χ3v) is 12.1. The molecule has 0 aliphatic rings. The zero-order valence-corrected chi connectivity index (χ0v) is 41.9. The van der Waals surface area contributed by atoms with Gasteiger partial charge in [0.2, 0.25) is 35.4 Å². The number of aromatic nitrogens is 2. The van der Waals surface area contributed by atoms with Crippen molar-refractivity contribution in [2.75, 3.05) is 26.2 Å². The lowest BCUT2D eigenvalue weighted by Gasteiger charge is -2.27. The molecule has 0 saturated heterocycles. The summed E-state index contributed by atoms with van der Waals surface area (Å²) in [6.07, 6.45) is 3.29. The van der Waals surface area contributed by atoms with E-state index in [-0.39, 0.29) is 94.8 Å². The van der Waals surface area contributed by atoms with E-state index in [1.54, 1.807) is 50.5 Å². The van der Waals surface area contributed by atoms with Crippen LogP contribution < -0.4 is 70.8 Å². The number of hydrogen-bond acceptors (Lipinski definition) is 12. The molecule has 2 aromatic carbocycles. The van der Waals surface area contributed by atoms with Crippen molar-refractivity contribution in [3.8, 4) is 0 Å². The molecular weight excluding hydrogens is 973 g/mol. The second-order valence-electron chi connectivity index (χ2n) is 18.2. The minimum absolute atomic E-state index is 0.0406. The van der Waals surface area contributed by atoms with E-state index in [9.17, 15) is 43.8 Å². The molecule has 6 amide bonds. The second-order valence-corrected chi connectivity index (χ2v) is 18.2. The van der Waals surface area contributed by atoms with Crippen LogP contribution in [0.1, 0.15) is 63.5 Å². The smallest absolute Gasteiger partial charge is 0.326 e. The number of benzene rings is 2. The van der Waals surface area contributed by atoms with Crippen LogP contribution >= 0.6 is 0 Å². The Morgan fingerprint density at radius 3 is 1.24 bits per heavy atom. The quantitative estimate of drug-likeness (QED) is 0.0137. The normalized spacial score (nSPS) is 13.9. The summed E-state index contributed by atoms with van der Waals surface area (Å²) in [5, 5.41) is 67.8. The number of amides is 6. The molecule has 27 nitrogen and oxygen atoms in total. The van der Waals surface area contributed by atoms with Gasteiger partial charge < -0.3 is 91.0 Å². The zero-order chi connectivity index (χ0) is 55.2. The molecule has 0 aliphatic carbocycles. The SMILES string of the molecule is CC(C)[C@H](N)C(=O)N[C@@H](Cc1c[nH]c2ccccc12)C(=O)N[C@@H](CO)C(=O)N[C@@H](Cc1c[nH]c2ccccc12)C(=O)N[C@@H](CCCNC(=N)N)C(=O)N[C@@H](CCCNC(=N)N)C(=O)N[C@@H](CCCNC(=N)N)C(=O)O. The van der Waals surface area contributed by atoms with Gasteiger partial charge in [-0.15, -0.1) is 0 Å². The average Bonchev–Trinajstić information content (AvgIpc) is 3.98. The van der Waals surface area contributed by atoms with E-state index in [4.69, 9.17) is 39.2 Å². The highest BCUT2D eigenvalue weighted by Crippen LogP contribution is 2.21. The number of hydrogen-bond donors (Lipinski definition) is 20. The maximum Gasteiger partial charge on any atom is 0.326 e. The first-order valence-corrected chi connectivity index (χ1v) is 24.4. The molecule has 75 heavy (non-hydrogen) atoms. The number of aliphatic carboxylic acids is 1. The van der Waals surface area contributed by atoms with Gasteiger partial charge in [-0.1, -0.05) is 50.2 Å². The molecule has 408 valence electrons. The van der Waals surface area contributed by atoms with Crippen LogP contribution in [0.15, 0.2) is 60.9 Å². The highest BCUT2D eigenvalue weighted by atomic mass is 16.4. The van der Waals surface area contributed by atoms with Crippen LogP contribution in [0, 0.1) is 22.1 Å². The summed E-state index contributed by atoms with van der Waals surface area (Å²) in [6, 6.07) is 4.78. The summed E-state index contributed by atoms with van der Waals surface area (Å²) in [6.45, 7) is 2.85. The minimum atomic E-state index is -1.68.